The minimum absolute atomic E-state index is 0.00949. The molecule has 5 nitrogen and oxygen atoms in total. The minimum atomic E-state index is -3.91. The maximum absolute atomic E-state index is 12.3. The third kappa shape index (κ3) is 4.28. The van der Waals surface area contributed by atoms with E-state index in [0.29, 0.717) is 10.9 Å². The molecule has 0 aliphatic heterocycles. The summed E-state index contributed by atoms with van der Waals surface area (Å²) < 4.78 is 27.9. The molecule has 0 bridgehead atoms. The summed E-state index contributed by atoms with van der Waals surface area (Å²) in [5.41, 5.74) is 0. The van der Waals surface area contributed by atoms with Crippen molar-refractivity contribution in [1.82, 2.24) is 4.72 Å². The van der Waals surface area contributed by atoms with Gasteiger partial charge in [-0.2, -0.15) is 4.72 Å². The van der Waals surface area contributed by atoms with E-state index in [-0.39, 0.29) is 10.8 Å². The molecule has 8 heteroatoms. The lowest BCUT2D eigenvalue weighted by atomic mass is 10.0. The van der Waals surface area contributed by atoms with Crippen LogP contribution >= 0.6 is 31.9 Å². The fourth-order valence-electron chi connectivity index (χ4n) is 1.57. The first-order valence-electron chi connectivity index (χ1n) is 5.89. The van der Waals surface area contributed by atoms with E-state index in [2.05, 4.69) is 36.6 Å². The maximum atomic E-state index is 12.3. The van der Waals surface area contributed by atoms with Crippen LogP contribution in [0.4, 0.5) is 0 Å². The van der Waals surface area contributed by atoms with Gasteiger partial charge in [0.1, 0.15) is 6.04 Å². The second kappa shape index (κ2) is 7.02. The topological polar surface area (TPSA) is 83.5 Å². The van der Waals surface area contributed by atoms with Gasteiger partial charge >= 0.3 is 5.97 Å². The molecule has 0 amide bonds. The summed E-state index contributed by atoms with van der Waals surface area (Å²) in [5, 5.41) is 9.15. The molecular formula is C12H15Br2NO4S. The molecule has 0 fully saturated rings. The molecule has 0 aliphatic rings. The van der Waals surface area contributed by atoms with Crippen LogP contribution in [-0.4, -0.2) is 25.5 Å². The minimum Gasteiger partial charge on any atom is -0.480 e. The zero-order valence-electron chi connectivity index (χ0n) is 10.9. The highest BCUT2D eigenvalue weighted by Gasteiger charge is 2.30. The van der Waals surface area contributed by atoms with Crippen LogP contribution in [0.3, 0.4) is 0 Å². The average molecular weight is 429 g/mol. The Morgan fingerprint density at radius 3 is 2.45 bits per heavy atom. The van der Waals surface area contributed by atoms with Crippen molar-refractivity contribution < 1.29 is 18.3 Å². The fraction of sp³-hybridized carbons (Fsp3) is 0.417. The quantitative estimate of drug-likeness (QED) is 0.729. The van der Waals surface area contributed by atoms with E-state index in [1.54, 1.807) is 19.1 Å². The third-order valence-corrected chi connectivity index (χ3v) is 5.86. The standard InChI is InChI=1S/C12H15Br2NO4S/c1-3-7(2)11(12(16)17)15-20(18,19)10-5-4-8(13)6-9(10)14/h4-7,11,15H,3H2,1-2H3,(H,16,17)/t7-,11-/m0/s1. The van der Waals surface area contributed by atoms with Crippen molar-refractivity contribution in [2.24, 2.45) is 5.92 Å². The van der Waals surface area contributed by atoms with Crippen molar-refractivity contribution in [3.8, 4) is 0 Å². The van der Waals surface area contributed by atoms with E-state index in [9.17, 15) is 13.2 Å². The number of carboxylic acid groups (broad SMARTS) is 1. The van der Waals surface area contributed by atoms with Crippen molar-refractivity contribution >= 4 is 47.9 Å². The Morgan fingerprint density at radius 2 is 2.00 bits per heavy atom. The van der Waals surface area contributed by atoms with Crippen LogP contribution in [0.15, 0.2) is 32.0 Å². The summed E-state index contributed by atoms with van der Waals surface area (Å²) in [6.45, 7) is 3.50. The van der Waals surface area contributed by atoms with E-state index >= 15 is 0 Å². The number of hydrogen-bond donors (Lipinski definition) is 2. The second-order valence-electron chi connectivity index (χ2n) is 4.40. The van der Waals surface area contributed by atoms with Gasteiger partial charge < -0.3 is 5.11 Å². The van der Waals surface area contributed by atoms with Crippen molar-refractivity contribution in [2.45, 2.75) is 31.2 Å². The molecule has 0 radical (unpaired) electrons. The maximum Gasteiger partial charge on any atom is 0.322 e. The molecule has 2 atom stereocenters. The summed E-state index contributed by atoms with van der Waals surface area (Å²) in [4.78, 5) is 11.2. The van der Waals surface area contributed by atoms with Crippen LogP contribution in [0.2, 0.25) is 0 Å². The molecule has 1 rings (SSSR count). The van der Waals surface area contributed by atoms with Crippen LogP contribution < -0.4 is 4.72 Å². The lowest BCUT2D eigenvalue weighted by Gasteiger charge is -2.20. The van der Waals surface area contributed by atoms with Gasteiger partial charge in [-0.1, -0.05) is 36.2 Å². The molecule has 1 aromatic rings. The second-order valence-corrected chi connectivity index (χ2v) is 7.85. The molecule has 1 aromatic carbocycles. The highest BCUT2D eigenvalue weighted by molar-refractivity contribution is 9.11. The van der Waals surface area contributed by atoms with E-state index in [1.165, 1.54) is 6.07 Å². The van der Waals surface area contributed by atoms with Gasteiger partial charge in [0.25, 0.3) is 0 Å². The van der Waals surface area contributed by atoms with Crippen LogP contribution in [-0.2, 0) is 14.8 Å². The summed E-state index contributed by atoms with van der Waals surface area (Å²) in [6.07, 6.45) is 0.557. The molecule has 0 unspecified atom stereocenters. The van der Waals surface area contributed by atoms with E-state index in [4.69, 9.17) is 5.11 Å². The molecule has 2 N–H and O–H groups in total. The summed E-state index contributed by atoms with van der Waals surface area (Å²) in [6, 6.07) is 3.43. The number of hydrogen-bond acceptors (Lipinski definition) is 3. The number of nitrogens with one attached hydrogen (secondary N) is 1. The number of aliphatic carboxylic acids is 1. The van der Waals surface area contributed by atoms with Crippen LogP contribution in [0.25, 0.3) is 0 Å². The van der Waals surface area contributed by atoms with Gasteiger partial charge in [-0.05, 0) is 40.0 Å². The van der Waals surface area contributed by atoms with Gasteiger partial charge in [-0.15, -0.1) is 0 Å². The van der Waals surface area contributed by atoms with E-state index < -0.39 is 22.0 Å². The zero-order valence-corrected chi connectivity index (χ0v) is 14.9. The van der Waals surface area contributed by atoms with Gasteiger partial charge in [0, 0.05) is 8.95 Å². The third-order valence-electron chi connectivity index (χ3n) is 2.94. The Morgan fingerprint density at radius 1 is 1.40 bits per heavy atom. The molecule has 0 aromatic heterocycles. The Balaban J connectivity index is 3.13. The number of halogens is 2. The average Bonchev–Trinajstić information content (AvgIpc) is 2.34. The molecule has 112 valence electrons. The summed E-state index contributed by atoms with van der Waals surface area (Å²) in [5.74, 6) is -1.49. The highest BCUT2D eigenvalue weighted by Crippen LogP contribution is 2.26. The summed E-state index contributed by atoms with van der Waals surface area (Å²) in [7, 11) is -3.91. The monoisotopic (exact) mass is 427 g/mol. The molecule has 20 heavy (non-hydrogen) atoms. The molecular weight excluding hydrogens is 414 g/mol. The van der Waals surface area contributed by atoms with E-state index in [1.807, 2.05) is 6.92 Å². The van der Waals surface area contributed by atoms with Crippen LogP contribution in [0.5, 0.6) is 0 Å². The molecule has 0 heterocycles. The highest BCUT2D eigenvalue weighted by atomic mass is 79.9. The molecule has 0 saturated carbocycles. The first kappa shape index (κ1) is 17.6. The fourth-order valence-corrected chi connectivity index (χ4v) is 4.61. The van der Waals surface area contributed by atoms with Gasteiger partial charge in [0.2, 0.25) is 10.0 Å². The van der Waals surface area contributed by atoms with Gasteiger partial charge in [0.05, 0.1) is 4.90 Å². The predicted molar refractivity (Wildman–Crippen MR) is 83.0 cm³/mol. The summed E-state index contributed by atoms with van der Waals surface area (Å²) >= 11 is 6.40. The number of benzene rings is 1. The SMILES string of the molecule is CC[C@H](C)[C@H](NS(=O)(=O)c1ccc(Br)cc1Br)C(=O)O. The molecule has 0 saturated heterocycles. The molecule has 0 spiro atoms. The predicted octanol–water partition coefficient (Wildman–Crippen LogP) is 2.99. The Labute approximate surface area is 135 Å². The van der Waals surface area contributed by atoms with Crippen molar-refractivity contribution in [1.29, 1.82) is 0 Å². The lowest BCUT2D eigenvalue weighted by Crippen LogP contribution is -2.44. The zero-order chi connectivity index (χ0) is 15.5. The van der Waals surface area contributed by atoms with Crippen LogP contribution in [0.1, 0.15) is 20.3 Å². The number of carbonyl (C=O) groups is 1. The molecule has 0 aliphatic carbocycles. The first-order valence-corrected chi connectivity index (χ1v) is 8.96. The number of carboxylic acids is 1. The van der Waals surface area contributed by atoms with Crippen LogP contribution in [0, 0.1) is 5.92 Å². The van der Waals surface area contributed by atoms with Crippen molar-refractivity contribution in [2.75, 3.05) is 0 Å². The number of rotatable bonds is 6. The van der Waals surface area contributed by atoms with Crippen molar-refractivity contribution in [3.05, 3.63) is 27.1 Å². The van der Waals surface area contributed by atoms with Gasteiger partial charge in [0.15, 0.2) is 0 Å². The Kier molecular flexibility index (Phi) is 6.18. The van der Waals surface area contributed by atoms with Crippen molar-refractivity contribution in [3.63, 3.8) is 0 Å². The smallest absolute Gasteiger partial charge is 0.322 e. The van der Waals surface area contributed by atoms with Gasteiger partial charge in [-0.25, -0.2) is 8.42 Å². The first-order chi connectivity index (χ1) is 9.19. The lowest BCUT2D eigenvalue weighted by molar-refractivity contribution is -0.140. The Bertz CT molecular complexity index is 603. The largest absolute Gasteiger partial charge is 0.480 e. The van der Waals surface area contributed by atoms with E-state index in [0.717, 1.165) is 4.47 Å². The normalized spacial score (nSPS) is 14.8. The number of sulfonamides is 1. The Hall–Kier alpha value is -0.440. The van der Waals surface area contributed by atoms with Gasteiger partial charge in [-0.3, -0.25) is 4.79 Å².